The summed E-state index contributed by atoms with van der Waals surface area (Å²) in [5.74, 6) is 3.06. The van der Waals surface area contributed by atoms with E-state index >= 15 is 0 Å². The van der Waals surface area contributed by atoms with Crippen molar-refractivity contribution in [1.29, 1.82) is 0 Å². The molecule has 2 aromatic carbocycles. The fourth-order valence-electron chi connectivity index (χ4n) is 4.38. The highest BCUT2D eigenvalue weighted by Crippen LogP contribution is 2.53. The number of hydrogen-bond acceptors (Lipinski definition) is 6. The Kier molecular flexibility index (Phi) is 6.83. The molecular weight excluding hydrogens is 425 g/mol. The monoisotopic (exact) mass is 453 g/mol. The average molecular weight is 453 g/mol. The lowest BCUT2D eigenvalue weighted by Gasteiger charge is -2.40. The molecule has 0 saturated heterocycles. The third kappa shape index (κ3) is 4.66. The maximum Gasteiger partial charge on any atom is 0.466 e. The standard InChI is InChI=1S/C21H25NO4.H3O4P/c1-22-7-6-12-9-18(25-4)21(26-5)20-14-11-17(24-3)16(23-2)10-13(14)8-15(22)19(12)20;1-5(2,3)4/h9-11,15H,6-8H2,1-5H3;(H3,1,2,3,4). The van der Waals surface area contributed by atoms with Crippen LogP contribution in [0.15, 0.2) is 18.2 Å². The van der Waals surface area contributed by atoms with Crippen LogP contribution in [-0.4, -0.2) is 61.6 Å². The van der Waals surface area contributed by atoms with Crippen LogP contribution >= 0.6 is 7.82 Å². The van der Waals surface area contributed by atoms with Crippen molar-refractivity contribution in [2.75, 3.05) is 42.0 Å². The zero-order valence-corrected chi connectivity index (χ0v) is 19.1. The van der Waals surface area contributed by atoms with Gasteiger partial charge in [0.2, 0.25) is 0 Å². The minimum Gasteiger partial charge on any atom is -0.493 e. The first kappa shape index (κ1) is 23.4. The molecule has 1 aliphatic heterocycles. The van der Waals surface area contributed by atoms with Crippen LogP contribution in [0.2, 0.25) is 0 Å². The van der Waals surface area contributed by atoms with E-state index in [0.29, 0.717) is 6.04 Å². The Balaban J connectivity index is 0.000000491. The van der Waals surface area contributed by atoms with Gasteiger partial charge >= 0.3 is 7.82 Å². The Morgan fingerprint density at radius 1 is 0.903 bits per heavy atom. The van der Waals surface area contributed by atoms with Gasteiger partial charge in [-0.25, -0.2) is 4.57 Å². The fourth-order valence-corrected chi connectivity index (χ4v) is 4.38. The second-order valence-electron chi connectivity index (χ2n) is 7.39. The summed E-state index contributed by atoms with van der Waals surface area (Å²) in [5, 5.41) is 0. The van der Waals surface area contributed by atoms with Crippen molar-refractivity contribution in [2.24, 2.45) is 0 Å². The van der Waals surface area contributed by atoms with Crippen LogP contribution in [0.3, 0.4) is 0 Å². The number of nitrogens with zero attached hydrogens (tertiary/aromatic N) is 1. The molecule has 3 N–H and O–H groups in total. The van der Waals surface area contributed by atoms with Crippen LogP contribution in [0.25, 0.3) is 11.1 Å². The highest BCUT2D eigenvalue weighted by molar-refractivity contribution is 7.45. The lowest BCUT2D eigenvalue weighted by Crippen LogP contribution is -2.35. The first-order chi connectivity index (χ1) is 14.6. The van der Waals surface area contributed by atoms with Gasteiger partial charge in [0.1, 0.15) is 0 Å². The molecule has 0 radical (unpaired) electrons. The van der Waals surface area contributed by atoms with Gasteiger partial charge in [-0.15, -0.1) is 0 Å². The van der Waals surface area contributed by atoms with Crippen molar-refractivity contribution in [3.8, 4) is 34.1 Å². The third-order valence-corrected chi connectivity index (χ3v) is 5.69. The highest BCUT2D eigenvalue weighted by atomic mass is 31.2. The van der Waals surface area contributed by atoms with Gasteiger partial charge < -0.3 is 33.6 Å². The van der Waals surface area contributed by atoms with Crippen molar-refractivity contribution in [1.82, 2.24) is 4.90 Å². The molecule has 10 heteroatoms. The van der Waals surface area contributed by atoms with Crippen molar-refractivity contribution in [3.05, 3.63) is 34.9 Å². The van der Waals surface area contributed by atoms with Crippen molar-refractivity contribution >= 4 is 7.82 Å². The molecule has 0 bridgehead atoms. The number of fused-ring (bicyclic) bond motifs is 2. The number of rotatable bonds is 4. The average Bonchev–Trinajstić information content (AvgIpc) is 2.73. The van der Waals surface area contributed by atoms with Crippen LogP contribution in [0.4, 0.5) is 0 Å². The number of ether oxygens (including phenoxy) is 4. The zero-order valence-electron chi connectivity index (χ0n) is 18.2. The zero-order chi connectivity index (χ0) is 22.9. The third-order valence-electron chi connectivity index (χ3n) is 5.69. The lowest BCUT2D eigenvalue weighted by atomic mass is 9.76. The predicted molar refractivity (Wildman–Crippen MR) is 115 cm³/mol. The first-order valence-corrected chi connectivity index (χ1v) is 11.2. The Bertz CT molecular complexity index is 1010. The van der Waals surface area contributed by atoms with Gasteiger partial charge in [-0.3, -0.25) is 4.90 Å². The van der Waals surface area contributed by atoms with Gasteiger partial charge in [0.25, 0.3) is 0 Å². The van der Waals surface area contributed by atoms with E-state index in [0.717, 1.165) is 53.5 Å². The van der Waals surface area contributed by atoms with Gasteiger partial charge in [0.05, 0.1) is 28.4 Å². The predicted octanol–water partition coefficient (Wildman–Crippen LogP) is 2.54. The van der Waals surface area contributed by atoms with E-state index in [1.807, 2.05) is 0 Å². The largest absolute Gasteiger partial charge is 0.493 e. The van der Waals surface area contributed by atoms with Gasteiger partial charge in [0, 0.05) is 18.2 Å². The first-order valence-electron chi connectivity index (χ1n) is 9.64. The number of hydrogen-bond donors (Lipinski definition) is 3. The SMILES string of the molecule is COc1cc2c(cc1OC)-c1c(OC)c(OC)cc3c1C(C2)N(C)CC3.O=P(O)(O)O. The second kappa shape index (κ2) is 9.06. The molecule has 0 amide bonds. The molecule has 1 unspecified atom stereocenters. The van der Waals surface area contributed by atoms with Crippen LogP contribution < -0.4 is 18.9 Å². The van der Waals surface area contributed by atoms with Crippen LogP contribution in [0.1, 0.15) is 22.7 Å². The van der Waals surface area contributed by atoms with Crippen LogP contribution in [0.5, 0.6) is 23.0 Å². The second-order valence-corrected chi connectivity index (χ2v) is 8.41. The summed E-state index contributed by atoms with van der Waals surface area (Å²) in [6.45, 7) is 1.04. The molecule has 2 aliphatic rings. The molecule has 4 rings (SSSR count). The quantitative estimate of drug-likeness (QED) is 0.600. The Hall–Kier alpha value is -2.29. The summed E-state index contributed by atoms with van der Waals surface area (Å²) in [4.78, 5) is 24.0. The molecule has 0 aromatic heterocycles. The Morgan fingerprint density at radius 3 is 2.00 bits per heavy atom. The number of phosphoric acid groups is 1. The smallest absolute Gasteiger partial charge is 0.466 e. The molecule has 9 nitrogen and oxygen atoms in total. The molecule has 31 heavy (non-hydrogen) atoms. The topological polar surface area (TPSA) is 118 Å². The normalized spacial score (nSPS) is 17.0. The summed E-state index contributed by atoms with van der Waals surface area (Å²) >= 11 is 0. The molecule has 1 aliphatic carbocycles. The summed E-state index contributed by atoms with van der Waals surface area (Å²) in [6, 6.07) is 6.64. The molecule has 0 saturated carbocycles. The Morgan fingerprint density at radius 2 is 1.45 bits per heavy atom. The van der Waals surface area contributed by atoms with E-state index in [2.05, 4.69) is 30.1 Å². The van der Waals surface area contributed by atoms with Crippen LogP contribution in [-0.2, 0) is 17.4 Å². The molecule has 2 aromatic rings. The minimum absolute atomic E-state index is 0.333. The number of benzene rings is 2. The summed E-state index contributed by atoms with van der Waals surface area (Å²) < 4.78 is 31.4. The fraction of sp³-hybridized carbons (Fsp3) is 0.429. The van der Waals surface area contributed by atoms with E-state index in [-0.39, 0.29) is 0 Å². The summed E-state index contributed by atoms with van der Waals surface area (Å²) in [7, 11) is 4.30. The van der Waals surface area contributed by atoms with Crippen molar-refractivity contribution < 1.29 is 38.2 Å². The van der Waals surface area contributed by atoms with Gasteiger partial charge in [0.15, 0.2) is 23.0 Å². The van der Waals surface area contributed by atoms with Crippen LogP contribution in [0, 0.1) is 0 Å². The van der Waals surface area contributed by atoms with E-state index in [1.54, 1.807) is 28.4 Å². The molecule has 1 heterocycles. The van der Waals surface area contributed by atoms with Gasteiger partial charge in [-0.1, -0.05) is 0 Å². The van der Waals surface area contributed by atoms with E-state index < -0.39 is 7.82 Å². The molecule has 170 valence electrons. The molecule has 1 atom stereocenters. The van der Waals surface area contributed by atoms with E-state index in [1.165, 1.54) is 16.7 Å². The molecule has 0 spiro atoms. The maximum absolute atomic E-state index is 8.88. The maximum atomic E-state index is 8.88. The summed E-state index contributed by atoms with van der Waals surface area (Å²) in [6.07, 6.45) is 1.96. The number of likely N-dealkylation sites (N-methyl/N-ethyl adjacent to an activating group) is 1. The molecule has 0 fully saturated rings. The molecular formula is C21H28NO8P. The van der Waals surface area contributed by atoms with Gasteiger partial charge in [-0.05, 0) is 60.3 Å². The highest BCUT2D eigenvalue weighted by Gasteiger charge is 2.36. The van der Waals surface area contributed by atoms with Crippen molar-refractivity contribution in [3.63, 3.8) is 0 Å². The summed E-state index contributed by atoms with van der Waals surface area (Å²) in [5.41, 5.74) is 6.21. The Labute approximate surface area is 181 Å². The minimum atomic E-state index is -4.64. The van der Waals surface area contributed by atoms with E-state index in [9.17, 15) is 0 Å². The number of methoxy groups -OCH3 is 4. The van der Waals surface area contributed by atoms with Gasteiger partial charge in [-0.2, -0.15) is 0 Å². The lowest BCUT2D eigenvalue weighted by molar-refractivity contribution is 0.226. The van der Waals surface area contributed by atoms with Crippen molar-refractivity contribution in [2.45, 2.75) is 18.9 Å². The van der Waals surface area contributed by atoms with E-state index in [4.69, 9.17) is 38.2 Å².